The molecule has 0 radical (unpaired) electrons. The molecule has 0 aliphatic heterocycles. The normalized spacial score (nSPS) is 11.9. The molecular formula is C12H15BrN2O3. The Kier molecular flexibility index (Phi) is 5.77. The number of pyridine rings is 1. The van der Waals surface area contributed by atoms with Crippen LogP contribution in [0, 0.1) is 0 Å². The molecule has 0 aromatic carbocycles. The van der Waals surface area contributed by atoms with Gasteiger partial charge in [-0.3, -0.25) is 4.79 Å². The monoisotopic (exact) mass is 314 g/mol. The summed E-state index contributed by atoms with van der Waals surface area (Å²) in [7, 11) is 0. The topological polar surface area (TPSA) is 79.3 Å². The van der Waals surface area contributed by atoms with Crippen LogP contribution in [0.2, 0.25) is 0 Å². The van der Waals surface area contributed by atoms with Gasteiger partial charge in [-0.2, -0.15) is 0 Å². The fraction of sp³-hybridized carbons (Fsp3) is 0.417. The maximum Gasteiger partial charge on any atom is 0.326 e. The Morgan fingerprint density at radius 3 is 2.78 bits per heavy atom. The van der Waals surface area contributed by atoms with Crippen molar-refractivity contribution < 1.29 is 14.7 Å². The first kappa shape index (κ1) is 14.6. The Morgan fingerprint density at radius 1 is 1.50 bits per heavy atom. The number of carboxylic acids is 1. The van der Waals surface area contributed by atoms with E-state index in [0.29, 0.717) is 11.0 Å². The Balaban J connectivity index is 2.69. The molecule has 0 unspecified atom stereocenters. The molecule has 98 valence electrons. The van der Waals surface area contributed by atoms with Gasteiger partial charge in [0.1, 0.15) is 16.3 Å². The van der Waals surface area contributed by atoms with E-state index in [1.165, 1.54) is 0 Å². The number of rotatable bonds is 6. The van der Waals surface area contributed by atoms with Crippen molar-refractivity contribution in [2.75, 3.05) is 0 Å². The van der Waals surface area contributed by atoms with Crippen molar-refractivity contribution in [2.24, 2.45) is 0 Å². The van der Waals surface area contributed by atoms with Gasteiger partial charge >= 0.3 is 5.97 Å². The van der Waals surface area contributed by atoms with Crippen molar-refractivity contribution in [3.05, 3.63) is 28.5 Å². The minimum Gasteiger partial charge on any atom is -0.480 e. The number of carbonyl (C=O) groups is 2. The van der Waals surface area contributed by atoms with Crippen molar-refractivity contribution in [3.63, 3.8) is 0 Å². The van der Waals surface area contributed by atoms with E-state index in [1.54, 1.807) is 18.2 Å². The highest BCUT2D eigenvalue weighted by Crippen LogP contribution is 2.07. The van der Waals surface area contributed by atoms with Crippen LogP contribution in [-0.4, -0.2) is 28.0 Å². The molecule has 2 N–H and O–H groups in total. The van der Waals surface area contributed by atoms with E-state index in [2.05, 4.69) is 26.2 Å². The second kappa shape index (κ2) is 7.10. The largest absolute Gasteiger partial charge is 0.480 e. The molecular weight excluding hydrogens is 300 g/mol. The Hall–Kier alpha value is -1.43. The summed E-state index contributed by atoms with van der Waals surface area (Å²) in [4.78, 5) is 26.8. The summed E-state index contributed by atoms with van der Waals surface area (Å²) >= 11 is 3.16. The number of amides is 1. The Bertz CT molecular complexity index is 437. The summed E-state index contributed by atoms with van der Waals surface area (Å²) in [6.45, 7) is 1.97. The van der Waals surface area contributed by atoms with Gasteiger partial charge < -0.3 is 10.4 Å². The van der Waals surface area contributed by atoms with Crippen LogP contribution >= 0.6 is 15.9 Å². The molecule has 0 aliphatic rings. The molecule has 0 bridgehead atoms. The first-order chi connectivity index (χ1) is 8.54. The van der Waals surface area contributed by atoms with Gasteiger partial charge in [-0.25, -0.2) is 9.78 Å². The zero-order valence-corrected chi connectivity index (χ0v) is 11.6. The maximum atomic E-state index is 11.8. The number of aromatic nitrogens is 1. The van der Waals surface area contributed by atoms with Crippen LogP contribution in [0.1, 0.15) is 36.7 Å². The SMILES string of the molecule is CCCC[C@H](NC(=O)c1cccc(Br)n1)C(=O)O. The predicted octanol–water partition coefficient (Wildman–Crippen LogP) is 2.22. The first-order valence-electron chi connectivity index (χ1n) is 5.70. The van der Waals surface area contributed by atoms with Gasteiger partial charge in [0.05, 0.1) is 0 Å². The fourth-order valence-electron chi connectivity index (χ4n) is 1.43. The van der Waals surface area contributed by atoms with Gasteiger partial charge in [-0.05, 0) is 34.5 Å². The molecule has 5 nitrogen and oxygen atoms in total. The van der Waals surface area contributed by atoms with Gasteiger partial charge in [0, 0.05) is 0 Å². The summed E-state index contributed by atoms with van der Waals surface area (Å²) < 4.78 is 0.538. The highest BCUT2D eigenvalue weighted by Gasteiger charge is 2.20. The van der Waals surface area contributed by atoms with Gasteiger partial charge in [-0.1, -0.05) is 25.8 Å². The molecule has 0 spiro atoms. The molecule has 0 saturated carbocycles. The van der Waals surface area contributed by atoms with Crippen molar-refractivity contribution >= 4 is 27.8 Å². The van der Waals surface area contributed by atoms with Crippen LogP contribution in [0.5, 0.6) is 0 Å². The van der Waals surface area contributed by atoms with E-state index in [9.17, 15) is 9.59 Å². The predicted molar refractivity (Wildman–Crippen MR) is 70.4 cm³/mol. The quantitative estimate of drug-likeness (QED) is 0.789. The van der Waals surface area contributed by atoms with Crippen LogP contribution in [0.15, 0.2) is 22.8 Å². The average Bonchev–Trinajstić information content (AvgIpc) is 2.33. The van der Waals surface area contributed by atoms with E-state index in [-0.39, 0.29) is 5.69 Å². The lowest BCUT2D eigenvalue weighted by atomic mass is 10.1. The molecule has 0 fully saturated rings. The number of nitrogens with one attached hydrogen (secondary N) is 1. The Morgan fingerprint density at radius 2 is 2.22 bits per heavy atom. The summed E-state index contributed by atoms with van der Waals surface area (Å²) in [5, 5.41) is 11.5. The molecule has 1 atom stereocenters. The third-order valence-electron chi connectivity index (χ3n) is 2.40. The third kappa shape index (κ3) is 4.44. The highest BCUT2D eigenvalue weighted by molar-refractivity contribution is 9.10. The number of nitrogens with zero attached hydrogens (tertiary/aromatic N) is 1. The molecule has 1 aromatic heterocycles. The smallest absolute Gasteiger partial charge is 0.326 e. The molecule has 1 rings (SSSR count). The van der Waals surface area contributed by atoms with Crippen LogP contribution in [0.25, 0.3) is 0 Å². The van der Waals surface area contributed by atoms with Crippen molar-refractivity contribution in [2.45, 2.75) is 32.2 Å². The number of carboxylic acid groups (broad SMARTS) is 1. The molecule has 0 saturated heterocycles. The van der Waals surface area contributed by atoms with Crippen molar-refractivity contribution in [1.29, 1.82) is 0 Å². The minimum absolute atomic E-state index is 0.201. The van der Waals surface area contributed by atoms with E-state index in [1.807, 2.05) is 6.92 Å². The highest BCUT2D eigenvalue weighted by atomic mass is 79.9. The Labute approximate surface area is 114 Å². The van der Waals surface area contributed by atoms with Gasteiger partial charge in [0.25, 0.3) is 5.91 Å². The van der Waals surface area contributed by atoms with Crippen LogP contribution < -0.4 is 5.32 Å². The number of aliphatic carboxylic acids is 1. The van der Waals surface area contributed by atoms with Crippen LogP contribution in [0.3, 0.4) is 0 Å². The first-order valence-corrected chi connectivity index (χ1v) is 6.50. The summed E-state index contributed by atoms with van der Waals surface area (Å²) in [6.07, 6.45) is 2.06. The number of hydrogen-bond donors (Lipinski definition) is 2. The number of halogens is 1. The lowest BCUT2D eigenvalue weighted by Gasteiger charge is -2.13. The summed E-state index contributed by atoms with van der Waals surface area (Å²) in [5.74, 6) is -1.49. The summed E-state index contributed by atoms with van der Waals surface area (Å²) in [6, 6.07) is 4.05. The van der Waals surface area contributed by atoms with Gasteiger partial charge in [0.2, 0.25) is 0 Å². The molecule has 1 amide bonds. The standard InChI is InChI=1S/C12H15BrN2O3/c1-2-3-5-9(12(17)18)15-11(16)8-6-4-7-10(13)14-8/h4,6-7,9H,2-3,5H2,1H3,(H,15,16)(H,17,18)/t9-/m0/s1. The van der Waals surface area contributed by atoms with E-state index >= 15 is 0 Å². The zero-order valence-electron chi connectivity index (χ0n) is 10.0. The van der Waals surface area contributed by atoms with Gasteiger partial charge in [0.15, 0.2) is 0 Å². The molecule has 0 aliphatic carbocycles. The summed E-state index contributed by atoms with van der Waals surface area (Å²) in [5.41, 5.74) is 0.201. The number of unbranched alkanes of at least 4 members (excludes halogenated alkanes) is 1. The number of hydrogen-bond acceptors (Lipinski definition) is 3. The van der Waals surface area contributed by atoms with Gasteiger partial charge in [-0.15, -0.1) is 0 Å². The van der Waals surface area contributed by atoms with Crippen LogP contribution in [0.4, 0.5) is 0 Å². The average molecular weight is 315 g/mol. The van der Waals surface area contributed by atoms with E-state index < -0.39 is 17.9 Å². The maximum absolute atomic E-state index is 11.8. The van der Waals surface area contributed by atoms with E-state index in [4.69, 9.17) is 5.11 Å². The lowest BCUT2D eigenvalue weighted by molar-refractivity contribution is -0.139. The lowest BCUT2D eigenvalue weighted by Crippen LogP contribution is -2.41. The molecule has 1 aromatic rings. The van der Waals surface area contributed by atoms with Crippen LogP contribution in [-0.2, 0) is 4.79 Å². The van der Waals surface area contributed by atoms with Crippen molar-refractivity contribution in [3.8, 4) is 0 Å². The second-order valence-electron chi connectivity index (χ2n) is 3.85. The molecule has 1 heterocycles. The second-order valence-corrected chi connectivity index (χ2v) is 4.66. The minimum atomic E-state index is -1.02. The molecule has 18 heavy (non-hydrogen) atoms. The van der Waals surface area contributed by atoms with Crippen molar-refractivity contribution in [1.82, 2.24) is 10.3 Å². The van der Waals surface area contributed by atoms with E-state index in [0.717, 1.165) is 12.8 Å². The fourth-order valence-corrected chi connectivity index (χ4v) is 1.78. The number of carbonyl (C=O) groups excluding carboxylic acids is 1. The molecule has 6 heteroatoms. The zero-order chi connectivity index (χ0) is 13.5. The third-order valence-corrected chi connectivity index (χ3v) is 2.84.